The molecule has 13 nitrogen and oxygen atoms in total. The summed E-state index contributed by atoms with van der Waals surface area (Å²) in [5, 5.41) is 29.2. The Kier molecular flexibility index (Phi) is 7.24. The van der Waals surface area contributed by atoms with Crippen molar-refractivity contribution in [3.63, 3.8) is 0 Å². The molecule has 0 saturated carbocycles. The Bertz CT molecular complexity index is 1470. The highest BCUT2D eigenvalue weighted by molar-refractivity contribution is 6.03. The van der Waals surface area contributed by atoms with Crippen molar-refractivity contribution in [2.24, 2.45) is 0 Å². The number of carbonyl (C=O) groups excluding carboxylic acids is 1. The number of amides is 1. The molecule has 0 aliphatic carbocycles. The lowest BCUT2D eigenvalue weighted by Gasteiger charge is -2.11. The van der Waals surface area contributed by atoms with Crippen LogP contribution in [0.25, 0.3) is 0 Å². The molecule has 0 aliphatic rings. The van der Waals surface area contributed by atoms with Crippen molar-refractivity contribution in [1.82, 2.24) is 9.78 Å². The predicted octanol–water partition coefficient (Wildman–Crippen LogP) is 4.79. The standard InChI is InChI=1S/C24H19N5O8/c1-35-22-8-4-5-9-23(22)37-18-13-16(12-17(14-18)28(31)32)25-24(30)19-10-11-27(26-19)15-36-21-7-3-2-6-20(21)29(33)34/h2-14H,15H2,1H3,(H,25,30). The maximum atomic E-state index is 12.7. The quantitative estimate of drug-likeness (QED) is 0.236. The zero-order valence-corrected chi connectivity index (χ0v) is 19.3. The van der Waals surface area contributed by atoms with E-state index in [-0.39, 0.29) is 41.0 Å². The van der Waals surface area contributed by atoms with Gasteiger partial charge in [-0.15, -0.1) is 0 Å². The van der Waals surface area contributed by atoms with Crippen molar-refractivity contribution in [2.75, 3.05) is 12.4 Å². The molecule has 0 fully saturated rings. The number of para-hydroxylation sites is 4. The highest BCUT2D eigenvalue weighted by Gasteiger charge is 2.17. The van der Waals surface area contributed by atoms with Gasteiger partial charge in [0.2, 0.25) is 0 Å². The van der Waals surface area contributed by atoms with E-state index in [2.05, 4.69) is 10.4 Å². The fraction of sp³-hybridized carbons (Fsp3) is 0.0833. The molecule has 4 rings (SSSR count). The Morgan fingerprint density at radius 1 is 0.946 bits per heavy atom. The van der Waals surface area contributed by atoms with Crippen LogP contribution >= 0.6 is 0 Å². The maximum Gasteiger partial charge on any atom is 0.311 e. The Hall–Kier alpha value is -5.46. The molecular weight excluding hydrogens is 486 g/mol. The number of rotatable bonds is 10. The van der Waals surface area contributed by atoms with Crippen molar-refractivity contribution < 1.29 is 28.9 Å². The number of benzene rings is 3. The molecule has 4 aromatic rings. The van der Waals surface area contributed by atoms with Crippen molar-refractivity contribution in [1.29, 1.82) is 0 Å². The molecule has 0 spiro atoms. The van der Waals surface area contributed by atoms with Crippen molar-refractivity contribution in [2.45, 2.75) is 6.73 Å². The van der Waals surface area contributed by atoms with Gasteiger partial charge in [0.05, 0.1) is 28.7 Å². The van der Waals surface area contributed by atoms with Gasteiger partial charge in [0.1, 0.15) is 5.75 Å². The van der Waals surface area contributed by atoms with Crippen LogP contribution in [0.1, 0.15) is 10.5 Å². The minimum Gasteiger partial charge on any atom is -0.493 e. The van der Waals surface area contributed by atoms with E-state index < -0.39 is 15.8 Å². The number of aromatic nitrogens is 2. The number of anilines is 1. The summed E-state index contributed by atoms with van der Waals surface area (Å²) in [6.07, 6.45) is 1.45. The van der Waals surface area contributed by atoms with Gasteiger partial charge in [-0.25, -0.2) is 4.68 Å². The third-order valence-electron chi connectivity index (χ3n) is 4.94. The van der Waals surface area contributed by atoms with Crippen molar-refractivity contribution in [3.05, 3.63) is 105 Å². The van der Waals surface area contributed by atoms with Gasteiger partial charge >= 0.3 is 5.69 Å². The molecule has 1 aromatic heterocycles. The van der Waals surface area contributed by atoms with Gasteiger partial charge in [0, 0.05) is 24.4 Å². The second-order valence-corrected chi connectivity index (χ2v) is 7.42. The van der Waals surface area contributed by atoms with E-state index in [0.29, 0.717) is 11.5 Å². The van der Waals surface area contributed by atoms with Gasteiger partial charge in [0.25, 0.3) is 11.6 Å². The molecule has 1 heterocycles. The number of methoxy groups -OCH3 is 1. The summed E-state index contributed by atoms with van der Waals surface area (Å²) in [6, 6.07) is 17.9. The van der Waals surface area contributed by atoms with E-state index in [9.17, 15) is 25.0 Å². The summed E-state index contributed by atoms with van der Waals surface area (Å²) in [5.74, 6) is 0.270. The van der Waals surface area contributed by atoms with Gasteiger partial charge in [-0.2, -0.15) is 5.10 Å². The molecule has 37 heavy (non-hydrogen) atoms. The first-order chi connectivity index (χ1) is 17.8. The number of carbonyl (C=O) groups is 1. The fourth-order valence-corrected chi connectivity index (χ4v) is 3.27. The third kappa shape index (κ3) is 5.97. The Balaban J connectivity index is 1.48. The molecular formula is C24H19N5O8. The normalized spacial score (nSPS) is 10.4. The first-order valence-electron chi connectivity index (χ1n) is 10.7. The van der Waals surface area contributed by atoms with Crippen LogP contribution in [0.3, 0.4) is 0 Å². The molecule has 3 aromatic carbocycles. The summed E-state index contributed by atoms with van der Waals surface area (Å²) in [4.78, 5) is 34.1. The van der Waals surface area contributed by atoms with Crippen LogP contribution in [-0.4, -0.2) is 32.6 Å². The lowest BCUT2D eigenvalue weighted by Crippen LogP contribution is -2.14. The topological polar surface area (TPSA) is 161 Å². The smallest absolute Gasteiger partial charge is 0.311 e. The monoisotopic (exact) mass is 505 g/mol. The number of ether oxygens (including phenoxy) is 3. The molecule has 13 heteroatoms. The molecule has 0 atom stereocenters. The van der Waals surface area contributed by atoms with E-state index >= 15 is 0 Å². The van der Waals surface area contributed by atoms with Gasteiger partial charge < -0.3 is 19.5 Å². The van der Waals surface area contributed by atoms with Crippen LogP contribution in [0.15, 0.2) is 79.0 Å². The average Bonchev–Trinajstić information content (AvgIpc) is 3.37. The molecule has 1 amide bonds. The summed E-state index contributed by atoms with van der Waals surface area (Å²) in [7, 11) is 1.46. The Morgan fingerprint density at radius 2 is 1.65 bits per heavy atom. The largest absolute Gasteiger partial charge is 0.493 e. The summed E-state index contributed by atoms with van der Waals surface area (Å²) in [5.41, 5.74) is -0.407. The molecule has 1 N–H and O–H groups in total. The first kappa shape index (κ1) is 24.7. The molecule has 0 saturated heterocycles. The second-order valence-electron chi connectivity index (χ2n) is 7.42. The zero-order chi connectivity index (χ0) is 26.4. The van der Waals surface area contributed by atoms with Gasteiger partial charge in [0.15, 0.2) is 29.7 Å². The van der Waals surface area contributed by atoms with Crippen LogP contribution < -0.4 is 19.5 Å². The van der Waals surface area contributed by atoms with Crippen molar-refractivity contribution >= 4 is 23.0 Å². The molecule has 188 valence electrons. The lowest BCUT2D eigenvalue weighted by molar-refractivity contribution is -0.386. The van der Waals surface area contributed by atoms with E-state index in [4.69, 9.17) is 14.2 Å². The SMILES string of the molecule is COc1ccccc1Oc1cc(NC(=O)c2ccn(COc3ccccc3[N+](=O)[O-])n2)cc([N+](=O)[O-])c1. The maximum absolute atomic E-state index is 12.7. The summed E-state index contributed by atoms with van der Waals surface area (Å²) < 4.78 is 17.7. The second kappa shape index (κ2) is 10.9. The summed E-state index contributed by atoms with van der Waals surface area (Å²) in [6.45, 7) is -0.189. The minimum atomic E-state index is -0.645. The van der Waals surface area contributed by atoms with Crippen molar-refractivity contribution in [3.8, 4) is 23.0 Å². The number of nitro groups is 2. The van der Waals surface area contributed by atoms with Crippen LogP contribution in [0, 0.1) is 20.2 Å². The number of hydrogen-bond donors (Lipinski definition) is 1. The van der Waals surface area contributed by atoms with Crippen LogP contribution in [0.5, 0.6) is 23.0 Å². The minimum absolute atomic E-state index is 0.00938. The van der Waals surface area contributed by atoms with E-state index in [1.165, 1.54) is 60.5 Å². The number of hydrogen-bond acceptors (Lipinski definition) is 9. The molecule has 0 aliphatic heterocycles. The number of non-ortho nitro benzene ring substituents is 1. The van der Waals surface area contributed by atoms with Gasteiger partial charge in [-0.3, -0.25) is 25.0 Å². The predicted molar refractivity (Wildman–Crippen MR) is 130 cm³/mol. The third-order valence-corrected chi connectivity index (χ3v) is 4.94. The van der Waals surface area contributed by atoms with E-state index in [0.717, 1.165) is 0 Å². The Morgan fingerprint density at radius 3 is 2.35 bits per heavy atom. The summed E-state index contributed by atoms with van der Waals surface area (Å²) >= 11 is 0. The number of nitrogens with zero attached hydrogens (tertiary/aromatic N) is 4. The molecule has 0 bridgehead atoms. The van der Waals surface area contributed by atoms with Gasteiger partial charge in [-0.05, 0) is 24.3 Å². The van der Waals surface area contributed by atoms with Crippen LogP contribution in [-0.2, 0) is 6.73 Å². The molecule has 0 unspecified atom stereocenters. The van der Waals surface area contributed by atoms with E-state index in [1.54, 1.807) is 30.3 Å². The highest BCUT2D eigenvalue weighted by Crippen LogP contribution is 2.34. The fourth-order valence-electron chi connectivity index (χ4n) is 3.27. The lowest BCUT2D eigenvalue weighted by atomic mass is 10.2. The van der Waals surface area contributed by atoms with Crippen LogP contribution in [0.4, 0.5) is 17.1 Å². The van der Waals surface area contributed by atoms with E-state index in [1.807, 2.05) is 0 Å². The number of nitrogens with one attached hydrogen (secondary N) is 1. The number of nitro benzene ring substituents is 2. The Labute approximate surface area is 209 Å². The van der Waals surface area contributed by atoms with Crippen LogP contribution in [0.2, 0.25) is 0 Å². The average molecular weight is 505 g/mol. The molecule has 0 radical (unpaired) electrons. The first-order valence-corrected chi connectivity index (χ1v) is 10.7. The van der Waals surface area contributed by atoms with Gasteiger partial charge in [-0.1, -0.05) is 24.3 Å². The zero-order valence-electron chi connectivity index (χ0n) is 19.3. The highest BCUT2D eigenvalue weighted by atomic mass is 16.6.